The Kier molecular flexibility index (Phi) is 4.90. The minimum Gasteiger partial charge on any atom is -0.501 e. The monoisotopic (exact) mass is 375 g/mol. The van der Waals surface area contributed by atoms with Crippen LogP contribution >= 0.6 is 11.8 Å². The predicted molar refractivity (Wildman–Crippen MR) is 110 cm³/mol. The molecule has 4 heteroatoms. The van der Waals surface area contributed by atoms with Crippen molar-refractivity contribution in [3.8, 4) is 0 Å². The van der Waals surface area contributed by atoms with Gasteiger partial charge in [0.15, 0.2) is 0 Å². The maximum absolute atomic E-state index is 13.2. The molecule has 1 aliphatic carbocycles. The summed E-state index contributed by atoms with van der Waals surface area (Å²) in [7, 11) is 1.69. The molecule has 2 aromatic carbocycles. The van der Waals surface area contributed by atoms with Gasteiger partial charge in [-0.25, -0.2) is 0 Å². The molecule has 0 saturated heterocycles. The molecule has 2 aliphatic rings. The number of rotatable bonds is 3. The SMILES string of the molecule is COC1=CC=C(/C=C/C(=O)N2c3ccccc3Sc3ccccc32)C(C)C1. The largest absolute Gasteiger partial charge is 0.501 e. The van der Waals surface area contributed by atoms with Crippen LogP contribution in [-0.2, 0) is 9.53 Å². The molecule has 0 saturated carbocycles. The van der Waals surface area contributed by atoms with Gasteiger partial charge in [0, 0.05) is 22.3 Å². The number of hydrogen-bond acceptors (Lipinski definition) is 3. The second-order valence-corrected chi connectivity index (χ2v) is 7.74. The molecular weight excluding hydrogens is 354 g/mol. The van der Waals surface area contributed by atoms with Crippen LogP contribution in [0.15, 0.2) is 94.0 Å². The number of methoxy groups -OCH3 is 1. The number of nitrogens with zero attached hydrogens (tertiary/aromatic N) is 1. The molecule has 27 heavy (non-hydrogen) atoms. The van der Waals surface area contributed by atoms with Crippen molar-refractivity contribution in [2.75, 3.05) is 12.0 Å². The highest BCUT2D eigenvalue weighted by Crippen LogP contribution is 2.47. The highest BCUT2D eigenvalue weighted by molar-refractivity contribution is 7.99. The molecule has 0 fully saturated rings. The summed E-state index contributed by atoms with van der Waals surface area (Å²) in [6.45, 7) is 2.15. The molecule has 1 atom stereocenters. The summed E-state index contributed by atoms with van der Waals surface area (Å²) in [5.74, 6) is 1.26. The molecule has 1 amide bonds. The van der Waals surface area contributed by atoms with Gasteiger partial charge < -0.3 is 4.74 Å². The summed E-state index contributed by atoms with van der Waals surface area (Å²) in [4.78, 5) is 17.2. The lowest BCUT2D eigenvalue weighted by Crippen LogP contribution is -2.26. The van der Waals surface area contributed by atoms with Crippen molar-refractivity contribution in [3.63, 3.8) is 0 Å². The van der Waals surface area contributed by atoms with E-state index in [0.717, 1.165) is 38.9 Å². The van der Waals surface area contributed by atoms with E-state index < -0.39 is 0 Å². The zero-order valence-electron chi connectivity index (χ0n) is 15.4. The van der Waals surface area contributed by atoms with Crippen LogP contribution in [0.25, 0.3) is 0 Å². The van der Waals surface area contributed by atoms with Crippen LogP contribution < -0.4 is 4.90 Å². The van der Waals surface area contributed by atoms with E-state index in [1.807, 2.05) is 59.5 Å². The van der Waals surface area contributed by atoms with Crippen molar-refractivity contribution in [3.05, 3.63) is 84.2 Å². The first kappa shape index (κ1) is 17.7. The average molecular weight is 375 g/mol. The molecule has 2 aromatic rings. The maximum Gasteiger partial charge on any atom is 0.255 e. The molecular formula is C23H21NO2S. The third-order valence-corrected chi connectivity index (χ3v) is 6.00. The lowest BCUT2D eigenvalue weighted by atomic mass is 9.92. The number of fused-ring (bicyclic) bond motifs is 2. The number of para-hydroxylation sites is 2. The van der Waals surface area contributed by atoms with Crippen molar-refractivity contribution >= 4 is 29.0 Å². The van der Waals surface area contributed by atoms with E-state index in [9.17, 15) is 4.79 Å². The van der Waals surface area contributed by atoms with Gasteiger partial charge in [-0.1, -0.05) is 55.1 Å². The minimum absolute atomic E-state index is 0.0372. The molecule has 1 unspecified atom stereocenters. The number of anilines is 2. The number of allylic oxidation sites excluding steroid dienone is 5. The van der Waals surface area contributed by atoms with E-state index in [1.54, 1.807) is 24.9 Å². The maximum atomic E-state index is 13.2. The Balaban J connectivity index is 1.66. The fourth-order valence-electron chi connectivity index (χ4n) is 3.40. The van der Waals surface area contributed by atoms with Crippen LogP contribution in [-0.4, -0.2) is 13.0 Å². The lowest BCUT2D eigenvalue weighted by molar-refractivity contribution is -0.113. The fraction of sp³-hybridized carbons (Fsp3) is 0.174. The molecule has 0 aromatic heterocycles. The average Bonchev–Trinajstić information content (AvgIpc) is 2.70. The van der Waals surface area contributed by atoms with Crippen LogP contribution in [0.2, 0.25) is 0 Å². The van der Waals surface area contributed by atoms with Gasteiger partial charge >= 0.3 is 0 Å². The van der Waals surface area contributed by atoms with Crippen molar-refractivity contribution in [1.29, 1.82) is 0 Å². The Bertz CT molecular complexity index is 928. The number of hydrogen-bond donors (Lipinski definition) is 0. The summed E-state index contributed by atoms with van der Waals surface area (Å²) in [6.07, 6.45) is 8.48. The summed E-state index contributed by atoms with van der Waals surface area (Å²) in [5.41, 5.74) is 3.00. The molecule has 1 aliphatic heterocycles. The Morgan fingerprint density at radius 1 is 1.07 bits per heavy atom. The zero-order valence-corrected chi connectivity index (χ0v) is 16.2. The predicted octanol–water partition coefficient (Wildman–Crippen LogP) is 5.87. The van der Waals surface area contributed by atoms with Crippen LogP contribution in [0.5, 0.6) is 0 Å². The molecule has 4 rings (SSSR count). The van der Waals surface area contributed by atoms with Crippen LogP contribution in [0, 0.1) is 5.92 Å². The Morgan fingerprint density at radius 3 is 2.30 bits per heavy atom. The van der Waals surface area contributed by atoms with Crippen molar-refractivity contribution in [2.24, 2.45) is 5.92 Å². The van der Waals surface area contributed by atoms with E-state index >= 15 is 0 Å². The van der Waals surface area contributed by atoms with E-state index in [2.05, 4.69) is 19.1 Å². The first-order chi connectivity index (χ1) is 13.2. The molecule has 0 spiro atoms. The smallest absolute Gasteiger partial charge is 0.255 e. The molecule has 136 valence electrons. The van der Waals surface area contributed by atoms with Gasteiger partial charge in [0.1, 0.15) is 0 Å². The van der Waals surface area contributed by atoms with Crippen LogP contribution in [0.1, 0.15) is 13.3 Å². The van der Waals surface area contributed by atoms with Gasteiger partial charge in [-0.2, -0.15) is 0 Å². The molecule has 0 bridgehead atoms. The van der Waals surface area contributed by atoms with Crippen molar-refractivity contribution in [1.82, 2.24) is 0 Å². The number of benzene rings is 2. The van der Waals surface area contributed by atoms with E-state index in [4.69, 9.17) is 4.74 Å². The topological polar surface area (TPSA) is 29.5 Å². The molecule has 0 radical (unpaired) electrons. The Hall–Kier alpha value is -2.72. The summed E-state index contributed by atoms with van der Waals surface area (Å²) in [6, 6.07) is 16.1. The molecule has 0 N–H and O–H groups in total. The second kappa shape index (κ2) is 7.49. The fourth-order valence-corrected chi connectivity index (χ4v) is 4.45. The number of ether oxygens (including phenoxy) is 1. The van der Waals surface area contributed by atoms with E-state index in [0.29, 0.717) is 5.92 Å². The highest BCUT2D eigenvalue weighted by Gasteiger charge is 2.26. The van der Waals surface area contributed by atoms with Crippen molar-refractivity contribution < 1.29 is 9.53 Å². The highest BCUT2D eigenvalue weighted by atomic mass is 32.2. The standard InChI is InChI=1S/C23H21NO2S/c1-16-15-18(26-2)13-11-17(16)12-14-23(25)24-19-7-3-5-9-21(19)27-22-10-6-4-8-20(22)24/h3-14,16H,15H2,1-2H3/b14-12+. The van der Waals surface area contributed by atoms with Crippen molar-refractivity contribution in [2.45, 2.75) is 23.1 Å². The normalized spacial score (nSPS) is 18.4. The quantitative estimate of drug-likeness (QED) is 0.629. The third-order valence-electron chi connectivity index (χ3n) is 4.87. The van der Waals surface area contributed by atoms with Crippen LogP contribution in [0.3, 0.4) is 0 Å². The van der Waals surface area contributed by atoms with Gasteiger partial charge in [0.25, 0.3) is 5.91 Å². The second-order valence-electron chi connectivity index (χ2n) is 6.65. The van der Waals surface area contributed by atoms with Gasteiger partial charge in [-0.3, -0.25) is 9.69 Å². The van der Waals surface area contributed by atoms with E-state index in [-0.39, 0.29) is 5.91 Å². The summed E-state index contributed by atoms with van der Waals surface area (Å²) < 4.78 is 5.32. The summed E-state index contributed by atoms with van der Waals surface area (Å²) >= 11 is 1.70. The van der Waals surface area contributed by atoms with Gasteiger partial charge in [0.2, 0.25) is 0 Å². The van der Waals surface area contributed by atoms with E-state index in [1.165, 1.54) is 0 Å². The lowest BCUT2D eigenvalue weighted by Gasteiger charge is -2.30. The number of amides is 1. The third kappa shape index (κ3) is 3.45. The van der Waals surface area contributed by atoms with Gasteiger partial charge in [-0.15, -0.1) is 0 Å². The summed E-state index contributed by atoms with van der Waals surface area (Å²) in [5, 5.41) is 0. The zero-order chi connectivity index (χ0) is 18.8. The van der Waals surface area contributed by atoms with Gasteiger partial charge in [-0.05, 0) is 41.8 Å². The molecule has 1 heterocycles. The van der Waals surface area contributed by atoms with Crippen LogP contribution in [0.4, 0.5) is 11.4 Å². The Labute approximate surface area is 164 Å². The minimum atomic E-state index is -0.0372. The molecule has 3 nitrogen and oxygen atoms in total. The number of carbonyl (C=O) groups excluding carboxylic acids is 1. The number of carbonyl (C=O) groups is 1. The first-order valence-electron chi connectivity index (χ1n) is 9.00. The van der Waals surface area contributed by atoms with Gasteiger partial charge in [0.05, 0.1) is 24.2 Å². The Morgan fingerprint density at radius 2 is 1.70 bits per heavy atom. The first-order valence-corrected chi connectivity index (χ1v) is 9.82.